The number of unbranched alkanes of at least 4 members (excludes halogenated alkanes) is 6. The normalized spacial score (nSPS) is 21.1. The van der Waals surface area contributed by atoms with E-state index in [-0.39, 0.29) is 18.2 Å². The van der Waals surface area contributed by atoms with E-state index in [0.29, 0.717) is 12.5 Å². The van der Waals surface area contributed by atoms with Crippen LogP contribution < -0.4 is 0 Å². The van der Waals surface area contributed by atoms with Gasteiger partial charge in [-0.15, -0.1) is 0 Å². The third kappa shape index (κ3) is 10.1. The molecule has 5 heteroatoms. The van der Waals surface area contributed by atoms with Gasteiger partial charge in [0.2, 0.25) is 0 Å². The van der Waals surface area contributed by atoms with Gasteiger partial charge in [-0.3, -0.25) is 10.1 Å². The average Bonchev–Trinajstić information content (AvgIpc) is 3.35. The van der Waals surface area contributed by atoms with Crippen molar-refractivity contribution in [3.05, 3.63) is 12.2 Å². The van der Waals surface area contributed by atoms with Crippen molar-refractivity contribution in [1.82, 2.24) is 0 Å². The molecule has 140 valence electrons. The molecule has 0 radical (unpaired) electrons. The Morgan fingerprint density at radius 3 is 2.62 bits per heavy atom. The second-order valence-electron chi connectivity index (χ2n) is 6.55. The lowest BCUT2D eigenvalue weighted by Gasteiger charge is -2.08. The first-order chi connectivity index (χ1) is 11.7. The van der Waals surface area contributed by atoms with Gasteiger partial charge in [0.15, 0.2) is 0 Å². The van der Waals surface area contributed by atoms with Crippen LogP contribution in [0.15, 0.2) is 12.2 Å². The molecule has 1 N–H and O–H groups in total. The number of ether oxygens (including phenoxy) is 2. The molecule has 0 amide bonds. The molecule has 0 spiro atoms. The van der Waals surface area contributed by atoms with E-state index >= 15 is 0 Å². The van der Waals surface area contributed by atoms with E-state index < -0.39 is 0 Å². The number of hydrogen-bond donors (Lipinski definition) is 1. The molecule has 5 nitrogen and oxygen atoms in total. The minimum atomic E-state index is -0.249. The van der Waals surface area contributed by atoms with Crippen LogP contribution in [0.5, 0.6) is 0 Å². The molecular formula is C19H34O5. The smallest absolute Gasteiger partial charge is 0.305 e. The average molecular weight is 342 g/mol. The summed E-state index contributed by atoms with van der Waals surface area (Å²) in [4.78, 5) is 15.5. The Hall–Kier alpha value is -0.910. The number of hydrogen-bond acceptors (Lipinski definition) is 5. The van der Waals surface area contributed by atoms with Gasteiger partial charge in [-0.05, 0) is 19.3 Å². The zero-order valence-corrected chi connectivity index (χ0v) is 15.2. The first-order valence-electron chi connectivity index (χ1n) is 9.42. The second-order valence-corrected chi connectivity index (χ2v) is 6.55. The number of methoxy groups -OCH3 is 1. The van der Waals surface area contributed by atoms with Crippen molar-refractivity contribution < 1.29 is 24.4 Å². The summed E-state index contributed by atoms with van der Waals surface area (Å²) in [6.07, 6.45) is 15.5. The highest BCUT2D eigenvalue weighted by molar-refractivity contribution is 5.68. The van der Waals surface area contributed by atoms with E-state index in [4.69, 9.17) is 9.99 Å². The van der Waals surface area contributed by atoms with E-state index in [0.717, 1.165) is 44.9 Å². The molecule has 0 aromatic carbocycles. The number of epoxide rings is 1. The van der Waals surface area contributed by atoms with E-state index in [1.54, 1.807) is 0 Å². The van der Waals surface area contributed by atoms with Crippen LogP contribution in [0.25, 0.3) is 0 Å². The molecule has 1 unspecified atom stereocenters. The fourth-order valence-electron chi connectivity index (χ4n) is 2.82. The topological polar surface area (TPSA) is 68.3 Å². The van der Waals surface area contributed by atoms with Crippen molar-refractivity contribution in [2.75, 3.05) is 7.11 Å². The molecule has 1 heterocycles. The Labute approximate surface area is 146 Å². The maximum Gasteiger partial charge on any atom is 0.305 e. The molecule has 3 atom stereocenters. The molecule has 1 rings (SSSR count). The lowest BCUT2D eigenvalue weighted by molar-refractivity contribution is -0.267. The number of carbonyl (C=O) groups excluding carboxylic acids is 1. The lowest BCUT2D eigenvalue weighted by atomic mass is 10.1. The van der Waals surface area contributed by atoms with Crippen LogP contribution in [-0.2, 0) is 19.2 Å². The van der Waals surface area contributed by atoms with Gasteiger partial charge >= 0.3 is 5.97 Å². The van der Waals surface area contributed by atoms with Crippen molar-refractivity contribution in [2.24, 2.45) is 0 Å². The van der Waals surface area contributed by atoms with Gasteiger partial charge < -0.3 is 9.47 Å². The van der Waals surface area contributed by atoms with Gasteiger partial charge in [-0.2, -0.15) is 0 Å². The summed E-state index contributed by atoms with van der Waals surface area (Å²) >= 11 is 0. The van der Waals surface area contributed by atoms with Gasteiger partial charge in [-0.1, -0.05) is 64.0 Å². The lowest BCUT2D eigenvalue weighted by Crippen LogP contribution is -2.07. The Morgan fingerprint density at radius 1 is 1.17 bits per heavy atom. The molecule has 24 heavy (non-hydrogen) atoms. The van der Waals surface area contributed by atoms with Crippen LogP contribution in [0.1, 0.15) is 77.6 Å². The Morgan fingerprint density at radius 2 is 1.92 bits per heavy atom. The van der Waals surface area contributed by atoms with Gasteiger partial charge in [0, 0.05) is 6.42 Å². The molecule has 1 aliphatic heterocycles. The first-order valence-corrected chi connectivity index (χ1v) is 9.42. The van der Waals surface area contributed by atoms with Gasteiger partial charge in [0.1, 0.15) is 12.2 Å². The van der Waals surface area contributed by atoms with Crippen molar-refractivity contribution in [3.8, 4) is 0 Å². The maximum absolute atomic E-state index is 11.0. The largest absolute Gasteiger partial charge is 0.469 e. The van der Waals surface area contributed by atoms with E-state index in [2.05, 4.69) is 16.5 Å². The van der Waals surface area contributed by atoms with Crippen molar-refractivity contribution in [3.63, 3.8) is 0 Å². The standard InChI is InChI=1S/C19H34O5/c1-3-4-8-12-17-18(23-17)15-14-16(24-21)11-9-6-5-7-10-13-19(20)22-2/h14-18,21H,3-13H2,1-2H3/b15-14+/t16?,17-,18-/m0/s1. The third-order valence-electron chi connectivity index (χ3n) is 4.46. The number of carbonyl (C=O) groups is 1. The molecule has 0 saturated carbocycles. The summed E-state index contributed by atoms with van der Waals surface area (Å²) in [6.45, 7) is 2.20. The van der Waals surface area contributed by atoms with E-state index in [1.807, 2.05) is 12.2 Å². The van der Waals surface area contributed by atoms with E-state index in [9.17, 15) is 4.79 Å². The van der Waals surface area contributed by atoms with Crippen LogP contribution in [-0.4, -0.2) is 36.6 Å². The third-order valence-corrected chi connectivity index (χ3v) is 4.46. The molecule has 0 aromatic heterocycles. The van der Waals surface area contributed by atoms with Crippen LogP contribution in [0.4, 0.5) is 0 Å². The minimum absolute atomic E-state index is 0.135. The summed E-state index contributed by atoms with van der Waals surface area (Å²) in [5, 5.41) is 8.98. The highest BCUT2D eigenvalue weighted by Crippen LogP contribution is 2.28. The van der Waals surface area contributed by atoms with Crippen LogP contribution in [0.3, 0.4) is 0 Å². The van der Waals surface area contributed by atoms with E-state index in [1.165, 1.54) is 26.4 Å². The van der Waals surface area contributed by atoms with Crippen LogP contribution >= 0.6 is 0 Å². The highest BCUT2D eigenvalue weighted by atomic mass is 17.1. The zero-order valence-electron chi connectivity index (χ0n) is 15.2. The van der Waals surface area contributed by atoms with Crippen molar-refractivity contribution in [2.45, 2.75) is 95.9 Å². The number of esters is 1. The molecule has 1 saturated heterocycles. The fourth-order valence-corrected chi connectivity index (χ4v) is 2.82. The first kappa shape index (κ1) is 21.1. The molecule has 0 aromatic rings. The van der Waals surface area contributed by atoms with Crippen LogP contribution in [0.2, 0.25) is 0 Å². The summed E-state index contributed by atoms with van der Waals surface area (Å²) in [6, 6.07) is 0. The van der Waals surface area contributed by atoms with Gasteiger partial charge in [0.05, 0.1) is 13.2 Å². The Bertz CT molecular complexity index is 356. The molecule has 1 fully saturated rings. The molecule has 0 bridgehead atoms. The monoisotopic (exact) mass is 342 g/mol. The quantitative estimate of drug-likeness (QED) is 0.117. The number of rotatable bonds is 15. The predicted molar refractivity (Wildman–Crippen MR) is 93.8 cm³/mol. The minimum Gasteiger partial charge on any atom is -0.469 e. The fraction of sp³-hybridized carbons (Fsp3) is 0.842. The molecule has 0 aliphatic carbocycles. The second kappa shape index (κ2) is 13.4. The van der Waals surface area contributed by atoms with Gasteiger partial charge in [-0.25, -0.2) is 4.89 Å². The Balaban J connectivity index is 2.01. The summed E-state index contributed by atoms with van der Waals surface area (Å²) < 4.78 is 10.2. The van der Waals surface area contributed by atoms with Crippen molar-refractivity contribution in [1.29, 1.82) is 0 Å². The molecular weight excluding hydrogens is 308 g/mol. The summed E-state index contributed by atoms with van der Waals surface area (Å²) in [5.41, 5.74) is 0. The summed E-state index contributed by atoms with van der Waals surface area (Å²) in [5.74, 6) is -0.135. The van der Waals surface area contributed by atoms with Crippen molar-refractivity contribution >= 4 is 5.97 Å². The predicted octanol–water partition coefficient (Wildman–Crippen LogP) is 4.65. The van der Waals surface area contributed by atoms with Crippen LogP contribution in [0, 0.1) is 0 Å². The zero-order chi connectivity index (χ0) is 17.6. The molecule has 1 aliphatic rings. The maximum atomic E-state index is 11.0. The Kier molecular flexibility index (Phi) is 11.8. The SMILES string of the molecule is CCCCC[C@@H]1O[C@H]1/C=C/C(CCCCCCCC(=O)OC)OO. The highest BCUT2D eigenvalue weighted by Gasteiger charge is 2.35. The van der Waals surface area contributed by atoms with Gasteiger partial charge in [0.25, 0.3) is 0 Å². The summed E-state index contributed by atoms with van der Waals surface area (Å²) in [7, 11) is 1.42.